The smallest absolute Gasteiger partial charge is 0.335 e. The van der Waals surface area contributed by atoms with Crippen molar-refractivity contribution in [1.82, 2.24) is 5.32 Å². The van der Waals surface area contributed by atoms with Crippen LogP contribution >= 0.6 is 23.2 Å². The Kier molecular flexibility index (Phi) is 9.96. The van der Waals surface area contributed by atoms with Gasteiger partial charge in [-0.05, 0) is 86.2 Å². The molecule has 194 valence electrons. The zero-order valence-electron chi connectivity index (χ0n) is 20.8. The van der Waals surface area contributed by atoms with E-state index in [0.717, 1.165) is 36.0 Å². The summed E-state index contributed by atoms with van der Waals surface area (Å²) in [6.07, 6.45) is 1.93. The van der Waals surface area contributed by atoms with Crippen LogP contribution in [-0.4, -0.2) is 41.0 Å². The third-order valence-corrected chi connectivity index (χ3v) is 6.80. The molecule has 3 aromatic rings. The molecule has 0 bridgehead atoms. The van der Waals surface area contributed by atoms with Gasteiger partial charge < -0.3 is 20.3 Å². The molecule has 0 saturated heterocycles. The lowest BCUT2D eigenvalue weighted by Crippen LogP contribution is -2.44. The Bertz CT molecular complexity index is 1270. The molecular formula is C29H30Cl2N2O4. The molecule has 0 fully saturated rings. The summed E-state index contributed by atoms with van der Waals surface area (Å²) in [6.45, 7) is 4.52. The van der Waals surface area contributed by atoms with Crippen molar-refractivity contribution >= 4 is 29.2 Å². The van der Waals surface area contributed by atoms with Gasteiger partial charge in [-0.1, -0.05) is 47.5 Å². The number of β-amino-alcohol motifs (C(OH)–C–C–N with tert-alkyl or cyclic N) is 1. The first kappa shape index (κ1) is 28.5. The van der Waals surface area contributed by atoms with Crippen LogP contribution in [0.25, 0.3) is 11.1 Å². The van der Waals surface area contributed by atoms with E-state index in [-0.39, 0.29) is 17.7 Å². The summed E-state index contributed by atoms with van der Waals surface area (Å²) in [4.78, 5) is 11.1. The second-order valence-electron chi connectivity index (χ2n) is 9.54. The van der Waals surface area contributed by atoms with Gasteiger partial charge in [-0.2, -0.15) is 5.26 Å². The van der Waals surface area contributed by atoms with Gasteiger partial charge in [0.25, 0.3) is 0 Å². The molecule has 0 aliphatic heterocycles. The minimum atomic E-state index is -0.993. The Balaban J connectivity index is 1.51. The molecule has 3 rings (SSSR count). The third kappa shape index (κ3) is 8.48. The summed E-state index contributed by atoms with van der Waals surface area (Å²) in [5.41, 5.74) is 3.06. The lowest BCUT2D eigenvalue weighted by Gasteiger charge is -2.28. The van der Waals surface area contributed by atoms with Gasteiger partial charge in [0.15, 0.2) is 0 Å². The maximum absolute atomic E-state index is 11.1. The molecule has 0 radical (unpaired) electrons. The molecule has 37 heavy (non-hydrogen) atoms. The highest BCUT2D eigenvalue weighted by Crippen LogP contribution is 2.28. The van der Waals surface area contributed by atoms with E-state index in [1.807, 2.05) is 12.1 Å². The number of aliphatic hydroxyl groups is 1. The number of carbonyl (C=O) groups is 1. The second kappa shape index (κ2) is 12.9. The highest BCUT2D eigenvalue weighted by molar-refractivity contribution is 6.42. The summed E-state index contributed by atoms with van der Waals surface area (Å²) in [5, 5.41) is 33.6. The summed E-state index contributed by atoms with van der Waals surface area (Å²) < 4.78 is 5.81. The van der Waals surface area contributed by atoms with Crippen LogP contribution in [0.15, 0.2) is 60.7 Å². The number of aliphatic hydroxyl groups excluding tert-OH is 1. The number of carboxylic acids is 1. The lowest BCUT2D eigenvalue weighted by molar-refractivity contribution is 0.0697. The Hall–Kier alpha value is -3.08. The first-order valence-corrected chi connectivity index (χ1v) is 12.7. The maximum Gasteiger partial charge on any atom is 0.335 e. The van der Waals surface area contributed by atoms with Crippen molar-refractivity contribution in [1.29, 1.82) is 5.26 Å². The fraction of sp³-hybridized carbons (Fsp3) is 0.310. The van der Waals surface area contributed by atoms with Crippen molar-refractivity contribution in [2.75, 3.05) is 13.2 Å². The number of nitrogens with one attached hydrogen (secondary N) is 1. The number of carboxylic acid groups (broad SMARTS) is 1. The van der Waals surface area contributed by atoms with Crippen molar-refractivity contribution in [2.45, 2.75) is 44.8 Å². The number of halogens is 2. The van der Waals surface area contributed by atoms with Gasteiger partial charge in [-0.25, -0.2) is 4.79 Å². The molecule has 0 aromatic heterocycles. The number of hydrogen-bond acceptors (Lipinski definition) is 5. The number of nitrogens with zero attached hydrogens (tertiary/aromatic N) is 1. The van der Waals surface area contributed by atoms with E-state index in [0.29, 0.717) is 27.9 Å². The molecule has 0 aliphatic rings. The van der Waals surface area contributed by atoms with E-state index in [1.54, 1.807) is 36.4 Å². The molecule has 0 saturated carbocycles. The average molecular weight is 541 g/mol. The van der Waals surface area contributed by atoms with Crippen LogP contribution in [0.2, 0.25) is 10.0 Å². The van der Waals surface area contributed by atoms with Gasteiger partial charge in [-0.15, -0.1) is 0 Å². The van der Waals surface area contributed by atoms with E-state index in [9.17, 15) is 15.2 Å². The Labute approximate surface area is 227 Å². The number of ether oxygens (including phenoxy) is 1. The molecule has 0 unspecified atom stereocenters. The average Bonchev–Trinajstić information content (AvgIpc) is 2.88. The van der Waals surface area contributed by atoms with E-state index in [2.05, 4.69) is 25.2 Å². The fourth-order valence-electron chi connectivity index (χ4n) is 3.88. The molecule has 1 atom stereocenters. The molecular weight excluding hydrogens is 511 g/mol. The van der Waals surface area contributed by atoms with Crippen LogP contribution in [0.4, 0.5) is 0 Å². The molecule has 8 heteroatoms. The van der Waals surface area contributed by atoms with Crippen LogP contribution in [0, 0.1) is 11.3 Å². The van der Waals surface area contributed by atoms with Crippen molar-refractivity contribution in [3.8, 4) is 22.9 Å². The Morgan fingerprint density at radius 1 is 1.05 bits per heavy atom. The number of rotatable bonds is 12. The second-order valence-corrected chi connectivity index (χ2v) is 10.4. The van der Waals surface area contributed by atoms with Gasteiger partial charge in [-0.3, -0.25) is 0 Å². The van der Waals surface area contributed by atoms with Crippen molar-refractivity contribution in [3.05, 3.63) is 87.4 Å². The van der Waals surface area contributed by atoms with Crippen LogP contribution in [-0.2, 0) is 6.42 Å². The number of hydrogen-bond donors (Lipinski definition) is 3. The van der Waals surface area contributed by atoms with Crippen LogP contribution < -0.4 is 10.1 Å². The van der Waals surface area contributed by atoms with Crippen molar-refractivity contribution in [2.24, 2.45) is 0 Å². The standard InChI is InChI=1S/C29H30Cl2N2O4/c1-29(2,13-3-4-19-5-12-25(30)26(31)14-19)33-17-24(34)18-37-27-15-22(10-11-23(27)16-32)20-6-8-21(9-7-20)28(35)36/h5-12,14-15,24,33-34H,3-4,13,17-18H2,1-2H3,(H,35,36)/t24-/m1/s1. The zero-order valence-corrected chi connectivity index (χ0v) is 22.3. The van der Waals surface area contributed by atoms with Gasteiger partial charge in [0.05, 0.1) is 21.2 Å². The van der Waals surface area contributed by atoms with E-state index in [1.165, 1.54) is 12.1 Å². The first-order valence-electron chi connectivity index (χ1n) is 12.0. The molecule has 0 heterocycles. The monoisotopic (exact) mass is 540 g/mol. The predicted octanol–water partition coefficient (Wildman–Crippen LogP) is 6.36. The minimum absolute atomic E-state index is 0.0163. The predicted molar refractivity (Wildman–Crippen MR) is 147 cm³/mol. The van der Waals surface area contributed by atoms with Crippen LogP contribution in [0.5, 0.6) is 5.75 Å². The maximum atomic E-state index is 11.1. The molecule has 3 aromatic carbocycles. The van der Waals surface area contributed by atoms with E-state index in [4.69, 9.17) is 33.0 Å². The van der Waals surface area contributed by atoms with Gasteiger partial charge in [0, 0.05) is 12.1 Å². The summed E-state index contributed by atoms with van der Waals surface area (Å²) in [5.74, 6) is -0.630. The largest absolute Gasteiger partial charge is 0.489 e. The highest BCUT2D eigenvalue weighted by Gasteiger charge is 2.19. The molecule has 0 amide bonds. The van der Waals surface area contributed by atoms with Crippen molar-refractivity contribution in [3.63, 3.8) is 0 Å². The normalized spacial score (nSPS) is 12.1. The lowest BCUT2D eigenvalue weighted by atomic mass is 9.95. The third-order valence-electron chi connectivity index (χ3n) is 6.07. The van der Waals surface area contributed by atoms with Crippen LogP contribution in [0.1, 0.15) is 48.2 Å². The van der Waals surface area contributed by atoms with E-state index < -0.39 is 12.1 Å². The molecule has 0 aliphatic carbocycles. The summed E-state index contributed by atoms with van der Waals surface area (Å²) in [7, 11) is 0. The van der Waals surface area contributed by atoms with E-state index >= 15 is 0 Å². The summed E-state index contributed by atoms with van der Waals surface area (Å²) >= 11 is 12.1. The number of aromatic carboxylic acids is 1. The first-order chi connectivity index (χ1) is 17.6. The summed E-state index contributed by atoms with van der Waals surface area (Å²) in [6, 6.07) is 19.4. The van der Waals surface area contributed by atoms with Gasteiger partial charge in [0.2, 0.25) is 0 Å². The number of nitriles is 1. The Morgan fingerprint density at radius 2 is 1.76 bits per heavy atom. The fourth-order valence-corrected chi connectivity index (χ4v) is 4.20. The minimum Gasteiger partial charge on any atom is -0.489 e. The zero-order chi connectivity index (χ0) is 27.0. The quantitative estimate of drug-likeness (QED) is 0.247. The molecule has 3 N–H and O–H groups in total. The molecule has 0 spiro atoms. The van der Waals surface area contributed by atoms with Gasteiger partial charge in [0.1, 0.15) is 24.5 Å². The SMILES string of the molecule is CC(C)(CCCc1ccc(Cl)c(Cl)c1)NC[C@@H](O)COc1cc(-c2ccc(C(=O)O)cc2)ccc1C#N. The van der Waals surface area contributed by atoms with Crippen molar-refractivity contribution < 1.29 is 19.7 Å². The van der Waals surface area contributed by atoms with Crippen LogP contribution in [0.3, 0.4) is 0 Å². The highest BCUT2D eigenvalue weighted by atomic mass is 35.5. The topological polar surface area (TPSA) is 103 Å². The Morgan fingerprint density at radius 3 is 2.41 bits per heavy atom. The number of aryl methyl sites for hydroxylation is 1. The van der Waals surface area contributed by atoms with Gasteiger partial charge >= 0.3 is 5.97 Å². The molecule has 6 nitrogen and oxygen atoms in total. The number of benzene rings is 3.